The van der Waals surface area contributed by atoms with E-state index in [1.807, 2.05) is 27.7 Å². The van der Waals surface area contributed by atoms with E-state index in [9.17, 15) is 4.79 Å². The van der Waals surface area contributed by atoms with Gasteiger partial charge in [-0.05, 0) is 33.3 Å². The van der Waals surface area contributed by atoms with Crippen LogP contribution in [0.5, 0.6) is 0 Å². The topological polar surface area (TPSA) is 58.1 Å². The average molecular weight is 327 g/mol. The molecule has 0 aliphatic heterocycles. The molecule has 0 saturated carbocycles. The molecular formula is C14H19ClN4OS. The second-order valence-corrected chi connectivity index (χ2v) is 7.51. The summed E-state index contributed by atoms with van der Waals surface area (Å²) >= 11 is 7.63. The normalized spacial score (nSPS) is 11.8. The highest BCUT2D eigenvalue weighted by Crippen LogP contribution is 2.35. The Morgan fingerprint density at radius 3 is 2.43 bits per heavy atom. The lowest BCUT2D eigenvalue weighted by molar-refractivity contribution is 0.0831. The summed E-state index contributed by atoms with van der Waals surface area (Å²) in [6.45, 7) is 7.95. The van der Waals surface area contributed by atoms with Gasteiger partial charge < -0.3 is 10.2 Å². The van der Waals surface area contributed by atoms with Gasteiger partial charge in [-0.2, -0.15) is 0 Å². The van der Waals surface area contributed by atoms with Crippen LogP contribution in [0.1, 0.15) is 36.0 Å². The first-order valence-corrected chi connectivity index (χ1v) is 7.76. The van der Waals surface area contributed by atoms with E-state index in [1.54, 1.807) is 19.0 Å². The average Bonchev–Trinajstić information content (AvgIpc) is 2.63. The molecule has 0 atom stereocenters. The SMILES string of the molecule is Cc1c(C(=O)N(C)C)sc2nc(NC(C)(C)C)nc(Cl)c12. The van der Waals surface area contributed by atoms with Crippen LogP contribution in [0.4, 0.5) is 5.95 Å². The van der Waals surface area contributed by atoms with Gasteiger partial charge in [-0.1, -0.05) is 11.6 Å². The molecule has 7 heteroatoms. The number of thiophene rings is 1. The van der Waals surface area contributed by atoms with Crippen LogP contribution in [0, 0.1) is 6.92 Å². The van der Waals surface area contributed by atoms with Gasteiger partial charge in [0.25, 0.3) is 5.91 Å². The molecule has 0 saturated heterocycles. The van der Waals surface area contributed by atoms with Gasteiger partial charge in [-0.3, -0.25) is 4.79 Å². The van der Waals surface area contributed by atoms with E-state index in [0.29, 0.717) is 16.0 Å². The molecule has 5 nitrogen and oxygen atoms in total. The van der Waals surface area contributed by atoms with Crippen molar-refractivity contribution in [3.8, 4) is 0 Å². The zero-order valence-electron chi connectivity index (χ0n) is 13.0. The van der Waals surface area contributed by atoms with E-state index >= 15 is 0 Å². The fourth-order valence-corrected chi connectivity index (χ4v) is 3.46. The molecule has 2 heterocycles. The molecule has 0 bridgehead atoms. The van der Waals surface area contributed by atoms with Gasteiger partial charge in [0, 0.05) is 19.6 Å². The number of aromatic nitrogens is 2. The van der Waals surface area contributed by atoms with Crippen molar-refractivity contribution in [3.63, 3.8) is 0 Å². The van der Waals surface area contributed by atoms with Crippen molar-refractivity contribution in [2.45, 2.75) is 33.2 Å². The Labute approximate surface area is 133 Å². The van der Waals surface area contributed by atoms with Crippen molar-refractivity contribution < 1.29 is 4.79 Å². The molecule has 0 aromatic carbocycles. The fourth-order valence-electron chi connectivity index (χ4n) is 1.89. The first kappa shape index (κ1) is 16.0. The van der Waals surface area contributed by atoms with Crippen LogP contribution in [0.3, 0.4) is 0 Å². The number of carbonyl (C=O) groups is 1. The van der Waals surface area contributed by atoms with Gasteiger partial charge in [-0.15, -0.1) is 11.3 Å². The standard InChI is InChI=1S/C14H19ClN4OS/c1-7-8-10(15)16-13(18-14(2,3)4)17-11(8)21-9(7)12(20)19(5)6/h1-6H3,(H,16,17,18). The lowest BCUT2D eigenvalue weighted by atomic mass is 10.1. The first-order chi connectivity index (χ1) is 9.60. The predicted molar refractivity (Wildman–Crippen MR) is 88.6 cm³/mol. The number of nitrogens with one attached hydrogen (secondary N) is 1. The van der Waals surface area contributed by atoms with E-state index in [-0.39, 0.29) is 11.4 Å². The van der Waals surface area contributed by atoms with E-state index in [1.165, 1.54) is 11.3 Å². The summed E-state index contributed by atoms with van der Waals surface area (Å²) in [7, 11) is 3.46. The molecule has 2 aromatic rings. The number of nitrogens with zero attached hydrogens (tertiary/aromatic N) is 3. The highest BCUT2D eigenvalue weighted by atomic mass is 35.5. The third-order valence-electron chi connectivity index (χ3n) is 2.83. The molecule has 0 aliphatic rings. The molecule has 1 amide bonds. The maximum atomic E-state index is 12.2. The van der Waals surface area contributed by atoms with Crippen molar-refractivity contribution in [1.82, 2.24) is 14.9 Å². The van der Waals surface area contributed by atoms with E-state index in [2.05, 4.69) is 15.3 Å². The first-order valence-electron chi connectivity index (χ1n) is 6.56. The quantitative estimate of drug-likeness (QED) is 0.857. The Bertz CT molecular complexity index is 703. The fraction of sp³-hybridized carbons (Fsp3) is 0.500. The molecule has 2 rings (SSSR count). The molecule has 2 aromatic heterocycles. The smallest absolute Gasteiger partial charge is 0.263 e. The van der Waals surface area contributed by atoms with Crippen molar-refractivity contribution >= 4 is 45.0 Å². The Balaban J connectivity index is 2.58. The number of hydrogen-bond donors (Lipinski definition) is 1. The molecule has 0 aliphatic carbocycles. The summed E-state index contributed by atoms with van der Waals surface area (Å²) < 4.78 is 0. The van der Waals surface area contributed by atoms with Crippen LogP contribution >= 0.6 is 22.9 Å². The Morgan fingerprint density at radius 1 is 1.29 bits per heavy atom. The summed E-state index contributed by atoms with van der Waals surface area (Å²) in [5.41, 5.74) is 0.673. The monoisotopic (exact) mass is 326 g/mol. The van der Waals surface area contributed by atoms with Crippen LogP contribution in [0.25, 0.3) is 10.2 Å². The van der Waals surface area contributed by atoms with Crippen LogP contribution in [-0.4, -0.2) is 40.4 Å². The molecule has 21 heavy (non-hydrogen) atoms. The van der Waals surface area contributed by atoms with Gasteiger partial charge in [0.2, 0.25) is 5.95 Å². The van der Waals surface area contributed by atoms with Gasteiger partial charge >= 0.3 is 0 Å². The summed E-state index contributed by atoms with van der Waals surface area (Å²) in [5, 5.41) is 4.33. The highest BCUT2D eigenvalue weighted by Gasteiger charge is 2.21. The number of hydrogen-bond acceptors (Lipinski definition) is 5. The molecule has 0 spiro atoms. The van der Waals surface area contributed by atoms with E-state index < -0.39 is 0 Å². The number of carbonyl (C=O) groups excluding carboxylic acids is 1. The van der Waals surface area contributed by atoms with Gasteiger partial charge in [0.05, 0.1) is 10.3 Å². The van der Waals surface area contributed by atoms with E-state index in [4.69, 9.17) is 11.6 Å². The van der Waals surface area contributed by atoms with Gasteiger partial charge in [0.1, 0.15) is 9.98 Å². The third kappa shape index (κ3) is 3.27. The lowest BCUT2D eigenvalue weighted by Crippen LogP contribution is -2.27. The van der Waals surface area contributed by atoms with Crippen molar-refractivity contribution in [1.29, 1.82) is 0 Å². The maximum absolute atomic E-state index is 12.2. The number of fused-ring (bicyclic) bond motifs is 1. The minimum atomic E-state index is -0.161. The minimum absolute atomic E-state index is 0.0445. The number of anilines is 1. The molecule has 114 valence electrons. The zero-order chi connectivity index (χ0) is 15.9. The molecule has 0 fully saturated rings. The van der Waals surface area contributed by atoms with Gasteiger partial charge in [0.15, 0.2) is 0 Å². The Kier molecular flexibility index (Phi) is 4.13. The third-order valence-corrected chi connectivity index (χ3v) is 4.28. The van der Waals surface area contributed by atoms with Gasteiger partial charge in [-0.25, -0.2) is 9.97 Å². The van der Waals surface area contributed by atoms with Crippen molar-refractivity contribution in [3.05, 3.63) is 15.6 Å². The number of rotatable bonds is 2. The Morgan fingerprint density at radius 2 is 1.90 bits per heavy atom. The Hall–Kier alpha value is -1.40. The highest BCUT2D eigenvalue weighted by molar-refractivity contribution is 7.20. The summed E-state index contributed by atoms with van der Waals surface area (Å²) in [6, 6.07) is 0. The van der Waals surface area contributed by atoms with Crippen LogP contribution < -0.4 is 5.32 Å². The molecule has 0 radical (unpaired) electrons. The second kappa shape index (κ2) is 5.42. The van der Waals surface area contributed by atoms with Crippen LogP contribution in [-0.2, 0) is 0 Å². The lowest BCUT2D eigenvalue weighted by Gasteiger charge is -2.20. The predicted octanol–water partition coefficient (Wildman–Crippen LogP) is 3.57. The van der Waals surface area contributed by atoms with Crippen molar-refractivity contribution in [2.24, 2.45) is 0 Å². The number of aryl methyl sites for hydroxylation is 1. The van der Waals surface area contributed by atoms with Crippen molar-refractivity contribution in [2.75, 3.05) is 19.4 Å². The van der Waals surface area contributed by atoms with Crippen LogP contribution in [0.15, 0.2) is 0 Å². The molecule has 1 N–H and O–H groups in total. The number of amides is 1. The minimum Gasteiger partial charge on any atom is -0.350 e. The van der Waals surface area contributed by atoms with Crippen LogP contribution in [0.2, 0.25) is 5.15 Å². The zero-order valence-corrected chi connectivity index (χ0v) is 14.6. The van der Waals surface area contributed by atoms with E-state index in [0.717, 1.165) is 15.8 Å². The summed E-state index contributed by atoms with van der Waals surface area (Å²) in [5.74, 6) is 0.432. The second-order valence-electron chi connectivity index (χ2n) is 6.15. The largest absolute Gasteiger partial charge is 0.350 e. The summed E-state index contributed by atoms with van der Waals surface area (Å²) in [6.07, 6.45) is 0. The number of halogens is 1. The summed E-state index contributed by atoms with van der Waals surface area (Å²) in [4.78, 5) is 23.9. The maximum Gasteiger partial charge on any atom is 0.263 e. The molecule has 0 unspecified atom stereocenters. The molecular weight excluding hydrogens is 308 g/mol.